The maximum absolute atomic E-state index is 12.4. The van der Waals surface area contributed by atoms with Gasteiger partial charge >= 0.3 is 0 Å². The normalized spacial score (nSPS) is 11.6. The molecule has 1 amide bonds. The molecule has 0 bridgehead atoms. The molecule has 0 aliphatic rings. The van der Waals surface area contributed by atoms with Gasteiger partial charge in [-0.05, 0) is 43.3 Å². The lowest BCUT2D eigenvalue weighted by Gasteiger charge is -2.07. The Morgan fingerprint density at radius 2 is 1.88 bits per heavy atom. The van der Waals surface area contributed by atoms with Gasteiger partial charge in [0.2, 0.25) is 15.9 Å². The summed E-state index contributed by atoms with van der Waals surface area (Å²) in [6.45, 7) is 3.64. The van der Waals surface area contributed by atoms with E-state index in [0.29, 0.717) is 12.1 Å². The summed E-state index contributed by atoms with van der Waals surface area (Å²) in [5, 5.41) is 2.60. The summed E-state index contributed by atoms with van der Waals surface area (Å²) in [5.41, 5.74) is 3.29. The van der Waals surface area contributed by atoms with Gasteiger partial charge in [-0.2, -0.15) is 0 Å². The molecule has 0 atom stereocenters. The first kappa shape index (κ1) is 18.1. The van der Waals surface area contributed by atoms with Gasteiger partial charge < -0.3 is 9.72 Å². The van der Waals surface area contributed by atoms with Gasteiger partial charge in [-0.1, -0.05) is 6.07 Å². The minimum Gasteiger partial charge on any atom is -0.326 e. The highest BCUT2D eigenvalue weighted by Crippen LogP contribution is 2.14. The van der Waals surface area contributed by atoms with Crippen LogP contribution in [-0.4, -0.2) is 30.3 Å². The van der Waals surface area contributed by atoms with Crippen LogP contribution in [-0.2, 0) is 21.2 Å². The number of aryl methyl sites for hydroxylation is 1. The molecule has 26 heavy (non-hydrogen) atoms. The number of aromatic nitrogens is 2. The van der Waals surface area contributed by atoms with Crippen molar-refractivity contribution in [1.82, 2.24) is 14.1 Å². The van der Waals surface area contributed by atoms with Crippen molar-refractivity contribution in [3.63, 3.8) is 0 Å². The van der Waals surface area contributed by atoms with Crippen molar-refractivity contribution in [2.75, 3.05) is 11.9 Å². The quantitative estimate of drug-likeness (QED) is 0.693. The fraction of sp³-hybridized carbons (Fsp3) is 0.222. The van der Waals surface area contributed by atoms with Gasteiger partial charge in [0.1, 0.15) is 5.65 Å². The van der Waals surface area contributed by atoms with Gasteiger partial charge in [0.15, 0.2) is 0 Å². The summed E-state index contributed by atoms with van der Waals surface area (Å²) in [5.74, 6) is -0.207. The zero-order valence-electron chi connectivity index (χ0n) is 14.6. The number of carbonyl (C=O) groups excluding carboxylic acids is 1. The smallest absolute Gasteiger partial charge is 0.240 e. The van der Waals surface area contributed by atoms with Crippen LogP contribution in [0.2, 0.25) is 0 Å². The van der Waals surface area contributed by atoms with Crippen LogP contribution in [0.5, 0.6) is 0 Å². The molecule has 8 heteroatoms. The number of fused-ring (bicyclic) bond motifs is 1. The lowest BCUT2D eigenvalue weighted by atomic mass is 10.3. The molecule has 0 aliphatic heterocycles. The largest absolute Gasteiger partial charge is 0.326 e. The Kier molecular flexibility index (Phi) is 5.06. The van der Waals surface area contributed by atoms with Gasteiger partial charge in [0.05, 0.1) is 10.6 Å². The number of sulfonamides is 1. The predicted octanol–water partition coefficient (Wildman–Crippen LogP) is 2.12. The van der Waals surface area contributed by atoms with Crippen LogP contribution in [0.15, 0.2) is 53.6 Å². The highest BCUT2D eigenvalue weighted by atomic mass is 32.2. The highest BCUT2D eigenvalue weighted by molar-refractivity contribution is 7.89. The van der Waals surface area contributed by atoms with Gasteiger partial charge in [-0.15, -0.1) is 0 Å². The zero-order chi connectivity index (χ0) is 18.7. The van der Waals surface area contributed by atoms with Crippen LogP contribution in [0, 0.1) is 6.92 Å². The Bertz CT molecular complexity index is 1040. The Morgan fingerprint density at radius 3 is 2.54 bits per heavy atom. The maximum Gasteiger partial charge on any atom is 0.240 e. The van der Waals surface area contributed by atoms with E-state index in [9.17, 15) is 13.2 Å². The molecule has 3 rings (SSSR count). The molecule has 0 saturated carbocycles. The number of hydrogen-bond acceptors (Lipinski definition) is 4. The van der Waals surface area contributed by atoms with E-state index in [0.717, 1.165) is 17.0 Å². The molecule has 2 aromatic heterocycles. The molecule has 2 N–H and O–H groups in total. The molecule has 136 valence electrons. The second-order valence-corrected chi connectivity index (χ2v) is 7.75. The first-order valence-corrected chi connectivity index (χ1v) is 9.64. The summed E-state index contributed by atoms with van der Waals surface area (Å²) in [7, 11) is -3.61. The lowest BCUT2D eigenvalue weighted by molar-refractivity contribution is -0.114. The van der Waals surface area contributed by atoms with Crippen molar-refractivity contribution in [2.45, 2.75) is 25.2 Å². The van der Waals surface area contributed by atoms with Crippen LogP contribution < -0.4 is 10.0 Å². The summed E-state index contributed by atoms with van der Waals surface area (Å²) in [6.07, 6.45) is 2.41. The average Bonchev–Trinajstić information content (AvgIpc) is 2.99. The number of nitrogens with one attached hydrogen (secondary N) is 2. The number of nitrogens with zero attached hydrogens (tertiary/aromatic N) is 2. The van der Waals surface area contributed by atoms with Crippen molar-refractivity contribution in [3.8, 4) is 0 Å². The number of rotatable bonds is 6. The Balaban J connectivity index is 1.64. The van der Waals surface area contributed by atoms with Crippen molar-refractivity contribution in [3.05, 3.63) is 60.0 Å². The number of pyridine rings is 1. The van der Waals surface area contributed by atoms with E-state index in [1.165, 1.54) is 19.1 Å². The van der Waals surface area contributed by atoms with E-state index in [4.69, 9.17) is 0 Å². The SMILES string of the molecule is CC(=O)Nc1ccc(S(=O)(=O)NCCc2cn3c(C)cccc3n2)cc1. The second-order valence-electron chi connectivity index (χ2n) is 5.98. The summed E-state index contributed by atoms with van der Waals surface area (Å²) in [4.78, 5) is 15.7. The molecule has 0 unspecified atom stereocenters. The first-order chi connectivity index (χ1) is 12.3. The molecule has 0 radical (unpaired) electrons. The number of amides is 1. The van der Waals surface area contributed by atoms with Crippen LogP contribution >= 0.6 is 0 Å². The Labute approximate surface area is 152 Å². The number of carbonyl (C=O) groups is 1. The average molecular weight is 372 g/mol. The van der Waals surface area contributed by atoms with Crippen LogP contribution in [0.25, 0.3) is 5.65 Å². The second kappa shape index (κ2) is 7.27. The molecule has 1 aromatic carbocycles. The lowest BCUT2D eigenvalue weighted by Crippen LogP contribution is -2.26. The number of benzene rings is 1. The van der Waals surface area contributed by atoms with Gasteiger partial charge in [-0.3, -0.25) is 4.79 Å². The van der Waals surface area contributed by atoms with Crippen LogP contribution in [0.1, 0.15) is 18.3 Å². The van der Waals surface area contributed by atoms with E-state index in [-0.39, 0.29) is 17.3 Å². The fourth-order valence-electron chi connectivity index (χ4n) is 2.64. The minimum atomic E-state index is -3.61. The molecular weight excluding hydrogens is 352 g/mol. The molecule has 0 aliphatic carbocycles. The van der Waals surface area contributed by atoms with E-state index >= 15 is 0 Å². The van der Waals surface area contributed by atoms with E-state index in [1.807, 2.05) is 35.7 Å². The molecule has 0 fully saturated rings. The van der Waals surface area contributed by atoms with E-state index < -0.39 is 10.0 Å². The van der Waals surface area contributed by atoms with E-state index in [1.54, 1.807) is 12.1 Å². The standard InChI is InChI=1S/C18H20N4O3S/c1-13-4-3-5-18-21-16(12-22(13)18)10-11-19-26(24,25)17-8-6-15(7-9-17)20-14(2)23/h3-9,12,19H,10-11H2,1-2H3,(H,20,23). The van der Waals surface area contributed by atoms with Gasteiger partial charge in [-0.25, -0.2) is 18.1 Å². The first-order valence-electron chi connectivity index (χ1n) is 8.16. The van der Waals surface area contributed by atoms with Crippen molar-refractivity contribution in [1.29, 1.82) is 0 Å². The fourth-order valence-corrected chi connectivity index (χ4v) is 3.67. The molecule has 2 heterocycles. The topological polar surface area (TPSA) is 92.6 Å². The molecule has 0 spiro atoms. The summed E-state index contributed by atoms with van der Waals surface area (Å²) < 4.78 is 29.3. The van der Waals surface area contributed by atoms with Crippen LogP contribution in [0.3, 0.4) is 0 Å². The third-order valence-corrected chi connectivity index (χ3v) is 5.38. The van der Waals surface area contributed by atoms with Crippen molar-refractivity contribution in [2.24, 2.45) is 0 Å². The molecular formula is C18H20N4O3S. The predicted molar refractivity (Wildman–Crippen MR) is 99.6 cm³/mol. The van der Waals surface area contributed by atoms with Crippen molar-refractivity contribution < 1.29 is 13.2 Å². The van der Waals surface area contributed by atoms with Gasteiger partial charge in [0.25, 0.3) is 0 Å². The number of anilines is 1. The molecule has 0 saturated heterocycles. The molecule has 7 nitrogen and oxygen atoms in total. The molecule has 3 aromatic rings. The third kappa shape index (κ3) is 4.09. The highest BCUT2D eigenvalue weighted by Gasteiger charge is 2.14. The van der Waals surface area contributed by atoms with Crippen LogP contribution in [0.4, 0.5) is 5.69 Å². The Hall–Kier alpha value is -2.71. The number of imidazole rings is 1. The van der Waals surface area contributed by atoms with Crippen molar-refractivity contribution >= 4 is 27.3 Å². The Morgan fingerprint density at radius 1 is 1.15 bits per heavy atom. The minimum absolute atomic E-state index is 0.150. The number of hydrogen-bond donors (Lipinski definition) is 2. The monoisotopic (exact) mass is 372 g/mol. The van der Waals surface area contributed by atoms with Gasteiger partial charge in [0, 0.05) is 37.5 Å². The third-order valence-electron chi connectivity index (χ3n) is 3.90. The zero-order valence-corrected chi connectivity index (χ0v) is 15.4. The maximum atomic E-state index is 12.4. The summed E-state index contributed by atoms with van der Waals surface area (Å²) in [6, 6.07) is 11.9. The summed E-state index contributed by atoms with van der Waals surface area (Å²) >= 11 is 0. The van der Waals surface area contributed by atoms with E-state index in [2.05, 4.69) is 15.0 Å².